The molecule has 4 rings (SSSR count). The molecule has 3 heterocycles. The van der Waals surface area contributed by atoms with Crippen LogP contribution in [0, 0.1) is 0 Å². The molecule has 1 amide bonds. The number of hydrogen-bond donors (Lipinski definition) is 0. The molecule has 0 unspecified atom stereocenters. The fourth-order valence-electron chi connectivity index (χ4n) is 3.41. The molecular formula is C19H20F2N6O2. The van der Waals surface area contributed by atoms with Crippen LogP contribution in [0.25, 0.3) is 16.8 Å². The van der Waals surface area contributed by atoms with Crippen LogP contribution in [0.5, 0.6) is 5.88 Å². The predicted octanol–water partition coefficient (Wildman–Crippen LogP) is 2.32. The Hall–Kier alpha value is -3.30. The van der Waals surface area contributed by atoms with Gasteiger partial charge in [-0.05, 0) is 12.1 Å². The molecule has 1 aliphatic carbocycles. The summed E-state index contributed by atoms with van der Waals surface area (Å²) in [6, 6.07) is 1.48. The molecule has 1 aliphatic rings. The number of ether oxygens (including phenoxy) is 1. The number of nitrogens with zero attached hydrogens (tertiary/aromatic N) is 6. The Balaban J connectivity index is 1.51. The lowest BCUT2D eigenvalue weighted by molar-refractivity contribution is -0.134. The normalized spacial score (nSPS) is 18.6. The number of hydrogen-bond acceptors (Lipinski definition) is 5. The van der Waals surface area contributed by atoms with Gasteiger partial charge in [-0.25, -0.2) is 18.3 Å². The van der Waals surface area contributed by atoms with Crippen molar-refractivity contribution in [1.82, 2.24) is 29.3 Å². The summed E-state index contributed by atoms with van der Waals surface area (Å²) in [6.45, 7) is 2.78. The molecule has 3 aromatic rings. The van der Waals surface area contributed by atoms with E-state index in [0.29, 0.717) is 29.9 Å². The van der Waals surface area contributed by atoms with Gasteiger partial charge in [-0.1, -0.05) is 6.58 Å². The van der Waals surface area contributed by atoms with Crippen LogP contribution in [0.1, 0.15) is 12.8 Å². The second kappa shape index (κ2) is 7.61. The minimum Gasteiger partial charge on any atom is -0.473 e. The Morgan fingerprint density at radius 3 is 2.86 bits per heavy atom. The van der Waals surface area contributed by atoms with Crippen LogP contribution in [-0.4, -0.2) is 60.3 Å². The molecule has 29 heavy (non-hydrogen) atoms. The smallest absolute Gasteiger partial charge is 0.255 e. The fourth-order valence-corrected chi connectivity index (χ4v) is 3.41. The lowest BCUT2D eigenvalue weighted by Gasteiger charge is -2.42. The molecule has 0 aliphatic heterocycles. The zero-order valence-corrected chi connectivity index (χ0v) is 15.8. The average molecular weight is 402 g/mol. The van der Waals surface area contributed by atoms with Gasteiger partial charge in [-0.15, -0.1) is 0 Å². The lowest BCUT2D eigenvalue weighted by Crippen LogP contribution is -2.52. The molecule has 0 N–H and O–H groups in total. The number of halogens is 2. The van der Waals surface area contributed by atoms with E-state index in [4.69, 9.17) is 4.74 Å². The number of aromatic nitrogens is 5. The number of alkyl halides is 2. The van der Waals surface area contributed by atoms with Crippen LogP contribution in [0.2, 0.25) is 0 Å². The van der Waals surface area contributed by atoms with Crippen LogP contribution in [0.4, 0.5) is 8.78 Å². The van der Waals surface area contributed by atoms with Gasteiger partial charge < -0.3 is 9.64 Å². The first-order valence-corrected chi connectivity index (χ1v) is 9.16. The minimum absolute atomic E-state index is 0.229. The van der Waals surface area contributed by atoms with Gasteiger partial charge in [0.25, 0.3) is 6.43 Å². The first-order chi connectivity index (χ1) is 13.9. The van der Waals surface area contributed by atoms with E-state index in [1.807, 2.05) is 13.2 Å². The zero-order valence-electron chi connectivity index (χ0n) is 15.8. The molecule has 0 aromatic carbocycles. The van der Waals surface area contributed by atoms with Crippen molar-refractivity contribution in [3.05, 3.63) is 43.5 Å². The van der Waals surface area contributed by atoms with Crippen LogP contribution in [0.15, 0.2) is 43.5 Å². The van der Waals surface area contributed by atoms with Gasteiger partial charge in [0, 0.05) is 37.7 Å². The summed E-state index contributed by atoms with van der Waals surface area (Å²) >= 11 is 0. The fraction of sp³-hybridized carbons (Fsp3) is 0.368. The van der Waals surface area contributed by atoms with E-state index in [1.165, 1.54) is 0 Å². The monoisotopic (exact) mass is 402 g/mol. The summed E-state index contributed by atoms with van der Waals surface area (Å²) < 4.78 is 35.0. The largest absolute Gasteiger partial charge is 0.473 e. The van der Waals surface area contributed by atoms with Gasteiger partial charge in [0.15, 0.2) is 0 Å². The molecule has 1 fully saturated rings. The highest BCUT2D eigenvalue weighted by atomic mass is 19.3. The second-order valence-corrected chi connectivity index (χ2v) is 6.95. The van der Waals surface area contributed by atoms with Gasteiger partial charge in [-0.3, -0.25) is 9.48 Å². The Labute approximate surface area is 165 Å². The summed E-state index contributed by atoms with van der Waals surface area (Å²) in [5, 5.41) is 8.41. The molecule has 1 saturated carbocycles. The standard InChI is InChI=1S/C19H20F2N6O2/c1-3-18(28)26(11-17(20)21)13-6-14(7-13)29-19-16-4-5-22-27(16)10-15(24-19)12-8-23-25(2)9-12/h3-5,8-10,13-14,17H,1,6-7,11H2,2H3. The molecule has 152 valence electrons. The molecule has 0 bridgehead atoms. The third-order valence-corrected chi connectivity index (χ3v) is 4.94. The third kappa shape index (κ3) is 3.82. The van der Waals surface area contributed by atoms with Crippen molar-refractivity contribution in [1.29, 1.82) is 0 Å². The topological polar surface area (TPSA) is 77.6 Å². The molecule has 0 spiro atoms. The maximum absolute atomic E-state index is 12.8. The van der Waals surface area contributed by atoms with Crippen molar-refractivity contribution in [3.8, 4) is 17.1 Å². The molecular weight excluding hydrogens is 382 g/mol. The molecule has 8 nitrogen and oxygen atoms in total. The average Bonchev–Trinajstić information content (AvgIpc) is 3.30. The van der Waals surface area contributed by atoms with Crippen LogP contribution in [0.3, 0.4) is 0 Å². The van der Waals surface area contributed by atoms with Crippen molar-refractivity contribution in [3.63, 3.8) is 0 Å². The van der Waals surface area contributed by atoms with Crippen LogP contribution >= 0.6 is 0 Å². The van der Waals surface area contributed by atoms with E-state index >= 15 is 0 Å². The minimum atomic E-state index is -2.59. The van der Waals surface area contributed by atoms with Crippen molar-refractivity contribution in [2.24, 2.45) is 7.05 Å². The van der Waals surface area contributed by atoms with Crippen molar-refractivity contribution in [2.75, 3.05) is 6.54 Å². The van der Waals surface area contributed by atoms with Gasteiger partial charge in [0.1, 0.15) is 11.6 Å². The van der Waals surface area contributed by atoms with Gasteiger partial charge >= 0.3 is 0 Å². The molecule has 10 heteroatoms. The third-order valence-electron chi connectivity index (χ3n) is 4.94. The van der Waals surface area contributed by atoms with E-state index in [1.54, 1.807) is 33.9 Å². The van der Waals surface area contributed by atoms with Gasteiger partial charge in [0.2, 0.25) is 11.8 Å². The second-order valence-electron chi connectivity index (χ2n) is 6.95. The number of aryl methyl sites for hydroxylation is 1. The number of carbonyl (C=O) groups is 1. The highest BCUT2D eigenvalue weighted by Gasteiger charge is 2.38. The van der Waals surface area contributed by atoms with E-state index in [0.717, 1.165) is 16.5 Å². The zero-order chi connectivity index (χ0) is 20.5. The molecule has 0 radical (unpaired) electrons. The Morgan fingerprint density at radius 1 is 1.41 bits per heavy atom. The lowest BCUT2D eigenvalue weighted by atomic mass is 9.87. The summed E-state index contributed by atoms with van der Waals surface area (Å²) in [5.74, 6) is -0.0913. The number of fused-ring (bicyclic) bond motifs is 1. The van der Waals surface area contributed by atoms with Crippen molar-refractivity contribution in [2.45, 2.75) is 31.4 Å². The van der Waals surface area contributed by atoms with E-state index < -0.39 is 18.9 Å². The van der Waals surface area contributed by atoms with Gasteiger partial charge in [0.05, 0.1) is 30.8 Å². The maximum Gasteiger partial charge on any atom is 0.255 e. The molecule has 0 saturated heterocycles. The van der Waals surface area contributed by atoms with E-state index in [2.05, 4.69) is 21.8 Å². The van der Waals surface area contributed by atoms with E-state index in [9.17, 15) is 13.6 Å². The Bertz CT molecular complexity index is 1040. The number of rotatable bonds is 7. The predicted molar refractivity (Wildman–Crippen MR) is 101 cm³/mol. The molecule has 0 atom stereocenters. The van der Waals surface area contributed by atoms with Crippen molar-refractivity contribution < 1.29 is 18.3 Å². The SMILES string of the molecule is C=CC(=O)N(CC(F)F)C1CC(Oc2nc(-c3cnn(C)c3)cn3nccc23)C1. The maximum atomic E-state index is 12.8. The quantitative estimate of drug-likeness (QED) is 0.567. The van der Waals surface area contributed by atoms with Crippen molar-refractivity contribution >= 4 is 11.4 Å². The highest BCUT2D eigenvalue weighted by molar-refractivity contribution is 5.87. The first-order valence-electron chi connectivity index (χ1n) is 9.16. The number of amides is 1. The van der Waals surface area contributed by atoms with Crippen LogP contribution < -0.4 is 4.74 Å². The summed E-state index contributed by atoms with van der Waals surface area (Å²) in [5.41, 5.74) is 2.18. The summed E-state index contributed by atoms with van der Waals surface area (Å²) in [6.07, 6.45) is 6.11. The highest BCUT2D eigenvalue weighted by Crippen LogP contribution is 2.32. The molecule has 3 aromatic heterocycles. The Morgan fingerprint density at radius 2 is 2.21 bits per heavy atom. The number of carbonyl (C=O) groups excluding carboxylic acids is 1. The summed E-state index contributed by atoms with van der Waals surface area (Å²) in [4.78, 5) is 17.6. The van der Waals surface area contributed by atoms with Crippen LogP contribution in [-0.2, 0) is 11.8 Å². The van der Waals surface area contributed by atoms with E-state index in [-0.39, 0.29) is 12.1 Å². The summed E-state index contributed by atoms with van der Waals surface area (Å²) in [7, 11) is 1.82. The Kier molecular flexibility index (Phi) is 4.99. The van der Waals surface area contributed by atoms with Gasteiger partial charge in [-0.2, -0.15) is 10.2 Å². The first kappa shape index (κ1) is 19.0.